The first-order valence-corrected chi connectivity index (χ1v) is 9.88. The standard InChI is InChI=1S/C23H29NO8/c1-23(2,12-14-10-11-18(29-3)20(31-5)19(14)30-4)24-13-16(25)15-8-6-7-9-17(15)32-22(28)21(26)27/h6-11,16,24-25H,12-13H2,1-5H3,(H,26,27). The van der Waals surface area contributed by atoms with Crippen molar-refractivity contribution >= 4 is 11.9 Å². The maximum absolute atomic E-state index is 11.4. The van der Waals surface area contributed by atoms with Crippen LogP contribution in [0.1, 0.15) is 31.1 Å². The second-order valence-corrected chi connectivity index (χ2v) is 7.68. The fraction of sp³-hybridized carbons (Fsp3) is 0.391. The average Bonchev–Trinajstić information content (AvgIpc) is 2.77. The fourth-order valence-electron chi connectivity index (χ4n) is 3.32. The monoisotopic (exact) mass is 447 g/mol. The van der Waals surface area contributed by atoms with Crippen molar-refractivity contribution in [2.75, 3.05) is 27.9 Å². The summed E-state index contributed by atoms with van der Waals surface area (Å²) in [6.45, 7) is 4.06. The normalized spacial score (nSPS) is 12.1. The van der Waals surface area contributed by atoms with Gasteiger partial charge in [0.2, 0.25) is 5.75 Å². The van der Waals surface area contributed by atoms with Crippen molar-refractivity contribution < 1.29 is 38.7 Å². The highest BCUT2D eigenvalue weighted by Gasteiger charge is 2.26. The highest BCUT2D eigenvalue weighted by atomic mass is 16.6. The van der Waals surface area contributed by atoms with Gasteiger partial charge in [0.25, 0.3) is 0 Å². The number of carbonyl (C=O) groups is 2. The zero-order valence-electron chi connectivity index (χ0n) is 18.8. The van der Waals surface area contributed by atoms with Crippen molar-refractivity contribution in [1.29, 1.82) is 0 Å². The van der Waals surface area contributed by atoms with Crippen LogP contribution >= 0.6 is 0 Å². The molecule has 0 saturated heterocycles. The van der Waals surface area contributed by atoms with Gasteiger partial charge >= 0.3 is 11.9 Å². The molecule has 0 aliphatic heterocycles. The largest absolute Gasteiger partial charge is 0.493 e. The Labute approximate surface area is 186 Å². The molecule has 0 bridgehead atoms. The van der Waals surface area contributed by atoms with Crippen LogP contribution in [0.3, 0.4) is 0 Å². The summed E-state index contributed by atoms with van der Waals surface area (Å²) in [5.41, 5.74) is 0.711. The Morgan fingerprint density at radius 2 is 1.62 bits per heavy atom. The number of rotatable bonds is 10. The minimum Gasteiger partial charge on any atom is -0.493 e. The zero-order chi connectivity index (χ0) is 23.9. The van der Waals surface area contributed by atoms with Crippen LogP contribution in [-0.2, 0) is 16.0 Å². The summed E-state index contributed by atoms with van der Waals surface area (Å²) in [5, 5.41) is 22.7. The van der Waals surface area contributed by atoms with E-state index in [4.69, 9.17) is 24.1 Å². The molecule has 0 radical (unpaired) electrons. The van der Waals surface area contributed by atoms with Crippen molar-refractivity contribution in [3.63, 3.8) is 0 Å². The number of methoxy groups -OCH3 is 3. The van der Waals surface area contributed by atoms with Crippen LogP contribution in [0.5, 0.6) is 23.0 Å². The molecule has 2 aromatic rings. The Kier molecular flexibility index (Phi) is 8.45. The molecule has 2 rings (SSSR count). The SMILES string of the molecule is COc1ccc(CC(C)(C)NCC(O)c2ccccc2OC(=O)C(=O)O)c(OC)c1OC. The molecule has 0 aliphatic carbocycles. The van der Waals surface area contributed by atoms with E-state index >= 15 is 0 Å². The fourth-order valence-corrected chi connectivity index (χ4v) is 3.32. The lowest BCUT2D eigenvalue weighted by atomic mass is 9.93. The van der Waals surface area contributed by atoms with E-state index in [0.717, 1.165) is 5.56 Å². The van der Waals surface area contributed by atoms with Crippen molar-refractivity contribution in [3.05, 3.63) is 47.5 Å². The number of benzene rings is 2. The molecule has 3 N–H and O–H groups in total. The van der Waals surface area contributed by atoms with Crippen LogP contribution < -0.4 is 24.3 Å². The molecule has 9 heteroatoms. The van der Waals surface area contributed by atoms with E-state index in [0.29, 0.717) is 29.2 Å². The summed E-state index contributed by atoms with van der Waals surface area (Å²) in [6, 6.07) is 9.94. The summed E-state index contributed by atoms with van der Waals surface area (Å²) < 4.78 is 21.2. The lowest BCUT2D eigenvalue weighted by molar-refractivity contribution is -0.158. The zero-order valence-corrected chi connectivity index (χ0v) is 18.8. The number of ether oxygens (including phenoxy) is 4. The lowest BCUT2D eigenvalue weighted by Crippen LogP contribution is -2.43. The Morgan fingerprint density at radius 1 is 0.969 bits per heavy atom. The molecule has 0 amide bonds. The van der Waals surface area contributed by atoms with E-state index in [9.17, 15) is 14.7 Å². The van der Waals surface area contributed by atoms with Crippen LogP contribution in [-0.4, -0.2) is 55.6 Å². The smallest absolute Gasteiger partial charge is 0.422 e. The van der Waals surface area contributed by atoms with Gasteiger partial charge in [0, 0.05) is 23.2 Å². The van der Waals surface area contributed by atoms with E-state index in [2.05, 4.69) is 5.32 Å². The third-order valence-electron chi connectivity index (χ3n) is 4.85. The summed E-state index contributed by atoms with van der Waals surface area (Å²) >= 11 is 0. The predicted octanol–water partition coefficient (Wildman–Crippen LogP) is 2.35. The molecule has 0 spiro atoms. The van der Waals surface area contributed by atoms with Crippen LogP contribution in [0.25, 0.3) is 0 Å². The topological polar surface area (TPSA) is 124 Å². The minimum atomic E-state index is -1.71. The molecular formula is C23H29NO8. The van der Waals surface area contributed by atoms with E-state index in [1.54, 1.807) is 45.6 Å². The van der Waals surface area contributed by atoms with Crippen LogP contribution in [0, 0.1) is 0 Å². The third kappa shape index (κ3) is 6.12. The number of aliphatic hydroxyl groups excluding tert-OH is 1. The Hall–Kier alpha value is -3.30. The van der Waals surface area contributed by atoms with E-state index in [1.807, 2.05) is 19.9 Å². The molecule has 0 heterocycles. The first-order valence-electron chi connectivity index (χ1n) is 9.88. The van der Waals surface area contributed by atoms with Gasteiger partial charge < -0.3 is 34.5 Å². The number of esters is 1. The molecular weight excluding hydrogens is 418 g/mol. The first kappa shape index (κ1) is 25.0. The average molecular weight is 447 g/mol. The highest BCUT2D eigenvalue weighted by Crippen LogP contribution is 2.40. The molecule has 1 unspecified atom stereocenters. The molecule has 32 heavy (non-hydrogen) atoms. The second-order valence-electron chi connectivity index (χ2n) is 7.68. The van der Waals surface area contributed by atoms with Crippen LogP contribution in [0.15, 0.2) is 36.4 Å². The van der Waals surface area contributed by atoms with Gasteiger partial charge in [-0.3, -0.25) is 0 Å². The van der Waals surface area contributed by atoms with E-state index < -0.39 is 23.6 Å². The Balaban J connectivity index is 2.14. The number of carbonyl (C=O) groups excluding carboxylic acids is 1. The number of hydrogen-bond donors (Lipinski definition) is 3. The second kappa shape index (κ2) is 10.8. The molecule has 2 aromatic carbocycles. The van der Waals surface area contributed by atoms with Gasteiger partial charge in [-0.05, 0) is 32.4 Å². The minimum absolute atomic E-state index is 0.00596. The van der Waals surface area contributed by atoms with Gasteiger partial charge in [-0.1, -0.05) is 24.3 Å². The number of β-amino-alcohol motifs (C(OH)–C–C–N with tert-alkyl or cyclic N) is 1. The first-order chi connectivity index (χ1) is 15.1. The van der Waals surface area contributed by atoms with Crippen molar-refractivity contribution in [3.8, 4) is 23.0 Å². The number of nitrogens with one attached hydrogen (secondary N) is 1. The van der Waals surface area contributed by atoms with Crippen molar-refractivity contribution in [2.24, 2.45) is 0 Å². The molecule has 0 aromatic heterocycles. The highest BCUT2D eigenvalue weighted by molar-refractivity contribution is 6.29. The Morgan fingerprint density at radius 3 is 2.22 bits per heavy atom. The number of aliphatic carboxylic acids is 1. The quantitative estimate of drug-likeness (QED) is 0.286. The van der Waals surface area contributed by atoms with Gasteiger partial charge in [0.15, 0.2) is 11.5 Å². The number of aliphatic hydroxyl groups is 1. The molecule has 9 nitrogen and oxygen atoms in total. The van der Waals surface area contributed by atoms with Crippen LogP contribution in [0.4, 0.5) is 0 Å². The Bertz CT molecular complexity index is 957. The van der Waals surface area contributed by atoms with Gasteiger partial charge in [-0.2, -0.15) is 0 Å². The summed E-state index contributed by atoms with van der Waals surface area (Å²) in [5.74, 6) is -1.52. The third-order valence-corrected chi connectivity index (χ3v) is 4.85. The molecule has 1 atom stereocenters. The number of para-hydroxylation sites is 1. The van der Waals surface area contributed by atoms with Gasteiger partial charge in [-0.25, -0.2) is 9.59 Å². The van der Waals surface area contributed by atoms with Crippen LogP contribution in [0.2, 0.25) is 0 Å². The molecule has 174 valence electrons. The van der Waals surface area contributed by atoms with Gasteiger partial charge in [-0.15, -0.1) is 0 Å². The predicted molar refractivity (Wildman–Crippen MR) is 117 cm³/mol. The maximum Gasteiger partial charge on any atom is 0.422 e. The maximum atomic E-state index is 11.4. The molecule has 0 saturated carbocycles. The lowest BCUT2D eigenvalue weighted by Gasteiger charge is -2.29. The van der Waals surface area contributed by atoms with Crippen molar-refractivity contribution in [2.45, 2.75) is 31.9 Å². The number of carboxylic acid groups (broad SMARTS) is 1. The van der Waals surface area contributed by atoms with Gasteiger partial charge in [0.05, 0.1) is 27.4 Å². The summed E-state index contributed by atoms with van der Waals surface area (Å²) in [6.07, 6.45) is -0.502. The van der Waals surface area contributed by atoms with Crippen molar-refractivity contribution in [1.82, 2.24) is 5.32 Å². The number of carboxylic acids is 1. The molecule has 0 aliphatic rings. The summed E-state index contributed by atoms with van der Waals surface area (Å²) in [7, 11) is 4.65. The summed E-state index contributed by atoms with van der Waals surface area (Å²) in [4.78, 5) is 22.2. The molecule has 0 fully saturated rings. The van der Waals surface area contributed by atoms with E-state index in [-0.39, 0.29) is 12.3 Å². The van der Waals surface area contributed by atoms with Gasteiger partial charge in [0.1, 0.15) is 5.75 Å². The number of hydrogen-bond acceptors (Lipinski definition) is 8. The van der Waals surface area contributed by atoms with E-state index in [1.165, 1.54) is 6.07 Å².